The monoisotopic (exact) mass is 464 g/mol. The Morgan fingerprint density at radius 1 is 1.16 bits per heavy atom. The average Bonchev–Trinajstić information content (AvgIpc) is 3.17. The molecule has 0 aliphatic heterocycles. The number of thiol groups is 1. The highest BCUT2D eigenvalue weighted by Crippen LogP contribution is 2.33. The maximum Gasteiger partial charge on any atom is 0.416 e. The van der Waals surface area contributed by atoms with E-state index in [9.17, 15) is 22.4 Å². The van der Waals surface area contributed by atoms with Crippen LogP contribution in [0.15, 0.2) is 78.6 Å². The number of nitrogens with one attached hydrogen (secondary N) is 1. The summed E-state index contributed by atoms with van der Waals surface area (Å²) in [7, 11) is 0. The summed E-state index contributed by atoms with van der Waals surface area (Å²) in [6, 6.07) is 10.2. The fraction of sp³-hybridized carbons (Fsp3) is 0.0909. The van der Waals surface area contributed by atoms with Gasteiger partial charge in [-0.15, -0.1) is 0 Å². The summed E-state index contributed by atoms with van der Waals surface area (Å²) >= 11 is 3.53. The smallest absolute Gasteiger partial charge is 0.405 e. The molecule has 2 aromatic carbocycles. The van der Waals surface area contributed by atoms with Gasteiger partial charge < -0.3 is 15.3 Å². The van der Waals surface area contributed by atoms with E-state index >= 15 is 0 Å². The number of aromatic nitrogens is 3. The number of alkyl halides is 3. The lowest BCUT2D eigenvalue weighted by atomic mass is 10.1. The second-order valence-corrected chi connectivity index (χ2v) is 6.13. The molecule has 0 fully saturated rings. The number of nitrogens with zero attached hydrogens (tertiary/aromatic N) is 2. The summed E-state index contributed by atoms with van der Waals surface area (Å²) < 4.78 is 53.8. The fourth-order valence-corrected chi connectivity index (χ4v) is 2.95. The van der Waals surface area contributed by atoms with Gasteiger partial charge in [0.25, 0.3) is 5.56 Å². The van der Waals surface area contributed by atoms with Gasteiger partial charge in [-0.1, -0.05) is 24.8 Å². The van der Waals surface area contributed by atoms with Gasteiger partial charge in [-0.3, -0.25) is 4.79 Å². The van der Waals surface area contributed by atoms with Crippen LogP contribution in [0.4, 0.5) is 17.6 Å². The molecule has 10 heteroatoms. The standard InChI is InChI=1S/C19H11F4N3O.C2H5N.CH4S/c20-13-6-4-11(5-7-13)15-9-26(17-16(15)18(27)25-10-24-17)14-3-1-2-12(8-14)19(21,22)23;1-2-3;1-2/h1-10H,(H,24,25,27);2H,1,3H2;2H,1H3. The molecule has 0 saturated heterocycles. The Balaban J connectivity index is 0.000000671. The van der Waals surface area contributed by atoms with Gasteiger partial charge in [-0.2, -0.15) is 25.8 Å². The molecular weight excluding hydrogens is 444 g/mol. The molecular formula is C22H20F4N4OS. The first-order chi connectivity index (χ1) is 15.3. The first kappa shape index (κ1) is 24.7. The van der Waals surface area contributed by atoms with Crippen LogP contribution in [0.3, 0.4) is 0 Å². The van der Waals surface area contributed by atoms with Crippen LogP contribution in [-0.4, -0.2) is 20.8 Å². The SMILES string of the molecule is C=CN.CS.O=c1[nH]cnc2c1c(-c1ccc(F)cc1)cn2-c1cccc(C(F)(F)F)c1. The molecule has 2 aromatic heterocycles. The number of aromatic amines is 1. The molecule has 4 aromatic rings. The quantitative estimate of drug-likeness (QED) is 0.283. The van der Waals surface area contributed by atoms with Crippen LogP contribution < -0.4 is 11.3 Å². The van der Waals surface area contributed by atoms with Crippen LogP contribution >= 0.6 is 12.6 Å². The van der Waals surface area contributed by atoms with Gasteiger partial charge in [0, 0.05) is 17.4 Å². The molecule has 0 saturated carbocycles. The fourth-order valence-electron chi connectivity index (χ4n) is 2.95. The second-order valence-electron chi connectivity index (χ2n) is 6.13. The number of hydrogen-bond acceptors (Lipinski definition) is 4. The van der Waals surface area contributed by atoms with E-state index in [1.165, 1.54) is 59.7 Å². The molecule has 3 N–H and O–H groups in total. The normalized spacial score (nSPS) is 10.6. The Morgan fingerprint density at radius 2 is 1.78 bits per heavy atom. The molecule has 32 heavy (non-hydrogen) atoms. The molecule has 0 radical (unpaired) electrons. The highest BCUT2D eigenvalue weighted by atomic mass is 32.1. The number of rotatable bonds is 2. The van der Waals surface area contributed by atoms with Crippen LogP contribution in [0.25, 0.3) is 27.8 Å². The molecule has 4 rings (SSSR count). The van der Waals surface area contributed by atoms with Crippen LogP contribution in [0.1, 0.15) is 5.56 Å². The van der Waals surface area contributed by atoms with Gasteiger partial charge in [0.15, 0.2) is 5.65 Å². The predicted molar refractivity (Wildman–Crippen MR) is 121 cm³/mol. The minimum atomic E-state index is -4.50. The van der Waals surface area contributed by atoms with E-state index in [2.05, 4.69) is 34.9 Å². The predicted octanol–water partition coefficient (Wildman–Crippen LogP) is 5.17. The van der Waals surface area contributed by atoms with E-state index in [4.69, 9.17) is 0 Å². The maximum atomic E-state index is 13.2. The number of fused-ring (bicyclic) bond motifs is 1. The van der Waals surface area contributed by atoms with E-state index in [1.54, 1.807) is 6.26 Å². The van der Waals surface area contributed by atoms with E-state index in [-0.39, 0.29) is 16.7 Å². The van der Waals surface area contributed by atoms with Gasteiger partial charge >= 0.3 is 6.18 Å². The molecule has 0 spiro atoms. The minimum absolute atomic E-state index is 0.206. The molecule has 168 valence electrons. The molecule has 0 unspecified atom stereocenters. The van der Waals surface area contributed by atoms with Gasteiger partial charge in [0.05, 0.1) is 17.3 Å². The minimum Gasteiger partial charge on any atom is -0.405 e. The van der Waals surface area contributed by atoms with Crippen molar-refractivity contribution in [1.82, 2.24) is 14.5 Å². The highest BCUT2D eigenvalue weighted by Gasteiger charge is 2.30. The Kier molecular flexibility index (Phi) is 8.25. The molecule has 0 aliphatic rings. The third-order valence-electron chi connectivity index (χ3n) is 4.20. The third kappa shape index (κ3) is 5.38. The second kappa shape index (κ2) is 10.7. The molecule has 0 atom stereocenters. The zero-order chi connectivity index (χ0) is 23.9. The van der Waals surface area contributed by atoms with Crippen molar-refractivity contribution in [2.45, 2.75) is 6.18 Å². The Labute approximate surface area is 186 Å². The first-order valence-electron chi connectivity index (χ1n) is 9.06. The molecule has 0 bridgehead atoms. The first-order valence-corrected chi connectivity index (χ1v) is 9.95. The van der Waals surface area contributed by atoms with Crippen LogP contribution in [-0.2, 0) is 6.18 Å². The maximum absolute atomic E-state index is 13.2. The van der Waals surface area contributed by atoms with Crippen molar-refractivity contribution in [2.24, 2.45) is 5.73 Å². The molecule has 0 amide bonds. The number of benzene rings is 2. The summed E-state index contributed by atoms with van der Waals surface area (Å²) in [6.45, 7) is 3.14. The van der Waals surface area contributed by atoms with E-state index in [1.807, 2.05) is 0 Å². The van der Waals surface area contributed by atoms with Crippen molar-refractivity contribution in [3.63, 3.8) is 0 Å². The zero-order valence-corrected chi connectivity index (χ0v) is 17.8. The van der Waals surface area contributed by atoms with Crippen LogP contribution in [0, 0.1) is 5.82 Å². The lowest BCUT2D eigenvalue weighted by molar-refractivity contribution is -0.137. The third-order valence-corrected chi connectivity index (χ3v) is 4.20. The number of hydrogen-bond donors (Lipinski definition) is 3. The summed E-state index contributed by atoms with van der Waals surface area (Å²) in [5, 5.41) is 0.210. The summed E-state index contributed by atoms with van der Waals surface area (Å²) in [5.41, 5.74) is 4.76. The lowest BCUT2D eigenvalue weighted by Gasteiger charge is -2.10. The van der Waals surface area contributed by atoms with Crippen molar-refractivity contribution in [1.29, 1.82) is 0 Å². The van der Waals surface area contributed by atoms with Gasteiger partial charge in [-0.25, -0.2) is 9.37 Å². The number of halogens is 4. The van der Waals surface area contributed by atoms with E-state index < -0.39 is 23.1 Å². The molecule has 0 aliphatic carbocycles. The number of H-pyrrole nitrogens is 1. The number of nitrogens with two attached hydrogens (primary N) is 1. The van der Waals surface area contributed by atoms with Gasteiger partial charge in [0.1, 0.15) is 5.82 Å². The summed E-state index contributed by atoms with van der Waals surface area (Å²) in [5.74, 6) is -0.438. The molecule has 2 heterocycles. The Hall–Kier alpha value is -3.53. The Morgan fingerprint density at radius 3 is 2.38 bits per heavy atom. The van der Waals surface area contributed by atoms with Crippen molar-refractivity contribution >= 4 is 23.7 Å². The van der Waals surface area contributed by atoms with Crippen molar-refractivity contribution < 1.29 is 17.6 Å². The highest BCUT2D eigenvalue weighted by molar-refractivity contribution is 7.79. The van der Waals surface area contributed by atoms with Gasteiger partial charge in [0.2, 0.25) is 0 Å². The van der Waals surface area contributed by atoms with E-state index in [0.29, 0.717) is 11.1 Å². The van der Waals surface area contributed by atoms with Crippen LogP contribution in [0.5, 0.6) is 0 Å². The van der Waals surface area contributed by atoms with Crippen LogP contribution in [0.2, 0.25) is 0 Å². The zero-order valence-electron chi connectivity index (χ0n) is 16.9. The largest absolute Gasteiger partial charge is 0.416 e. The molecule has 5 nitrogen and oxygen atoms in total. The van der Waals surface area contributed by atoms with Crippen molar-refractivity contribution in [2.75, 3.05) is 6.26 Å². The summed E-state index contributed by atoms with van der Waals surface area (Å²) in [6.07, 6.45) is 1.16. The lowest BCUT2D eigenvalue weighted by Crippen LogP contribution is -2.08. The van der Waals surface area contributed by atoms with Crippen molar-refractivity contribution in [3.05, 3.63) is 95.6 Å². The Bertz CT molecular complexity index is 1250. The van der Waals surface area contributed by atoms with E-state index in [0.717, 1.165) is 12.1 Å². The topological polar surface area (TPSA) is 76.7 Å². The van der Waals surface area contributed by atoms with Gasteiger partial charge in [-0.05, 0) is 48.4 Å². The summed E-state index contributed by atoms with van der Waals surface area (Å²) in [4.78, 5) is 18.9. The van der Waals surface area contributed by atoms with Crippen molar-refractivity contribution in [3.8, 4) is 16.8 Å². The average molecular weight is 464 g/mol.